The molecular weight excluding hydrogens is 452 g/mol. The molecule has 13 heteroatoms. The normalized spacial score (nSPS) is 19.5. The highest BCUT2D eigenvalue weighted by atomic mass is 32.2. The molecule has 1 saturated carbocycles. The Bertz CT molecular complexity index is 1080. The highest BCUT2D eigenvalue weighted by Crippen LogP contribution is 2.37. The second-order valence-corrected chi connectivity index (χ2v) is 9.23. The van der Waals surface area contributed by atoms with Crippen LogP contribution in [-0.2, 0) is 22.2 Å². The van der Waals surface area contributed by atoms with Gasteiger partial charge >= 0.3 is 12.4 Å². The number of aromatic nitrogens is 2. The minimum absolute atomic E-state index is 0.0151. The van der Waals surface area contributed by atoms with Crippen LogP contribution in [-0.4, -0.2) is 36.1 Å². The highest BCUT2D eigenvalue weighted by molar-refractivity contribution is 7.92. The van der Waals surface area contributed by atoms with Gasteiger partial charge in [0, 0.05) is 12.7 Å². The van der Waals surface area contributed by atoms with Gasteiger partial charge < -0.3 is 5.32 Å². The topological polar surface area (TPSA) is 89.0 Å². The highest BCUT2D eigenvalue weighted by Gasteiger charge is 2.41. The van der Waals surface area contributed by atoms with Crippen molar-refractivity contribution in [1.82, 2.24) is 15.3 Å². The molecule has 1 aromatic heterocycles. The molecule has 0 bridgehead atoms. The van der Waals surface area contributed by atoms with E-state index >= 15 is 0 Å². The van der Waals surface area contributed by atoms with E-state index in [1.165, 1.54) is 0 Å². The molecule has 0 atom stereocenters. The molecule has 6 nitrogen and oxygen atoms in total. The number of carbonyl (C=O) groups is 1. The number of hydrogen-bond acceptors (Lipinski definition) is 5. The van der Waals surface area contributed by atoms with Crippen LogP contribution < -0.4 is 5.32 Å². The summed E-state index contributed by atoms with van der Waals surface area (Å²) < 4.78 is 101. The lowest BCUT2D eigenvalue weighted by atomic mass is 9.85. The van der Waals surface area contributed by atoms with E-state index in [4.69, 9.17) is 0 Å². The fraction of sp³-hybridized carbons (Fsp3) is 0.389. The average molecular weight is 467 g/mol. The molecule has 0 saturated heterocycles. The smallest absolute Gasteiger partial charge is 0.350 e. The Labute approximate surface area is 172 Å². The van der Waals surface area contributed by atoms with Crippen molar-refractivity contribution in [2.45, 2.75) is 35.3 Å². The summed E-state index contributed by atoms with van der Waals surface area (Å²) in [6, 6.07) is 4.47. The number of amides is 1. The van der Waals surface area contributed by atoms with Gasteiger partial charge in [0.15, 0.2) is 9.84 Å². The molecule has 0 spiro atoms. The fourth-order valence-electron chi connectivity index (χ4n) is 3.09. The van der Waals surface area contributed by atoms with Crippen LogP contribution in [0.4, 0.5) is 26.3 Å². The average Bonchev–Trinajstić information content (AvgIpc) is 2.65. The second-order valence-electron chi connectivity index (χ2n) is 7.00. The fourth-order valence-corrected chi connectivity index (χ4v) is 5.08. The van der Waals surface area contributed by atoms with E-state index < -0.39 is 55.3 Å². The Kier molecular flexibility index (Phi) is 6.00. The van der Waals surface area contributed by atoms with Crippen LogP contribution in [0.25, 0.3) is 0 Å². The van der Waals surface area contributed by atoms with Gasteiger partial charge in [-0.25, -0.2) is 18.4 Å². The monoisotopic (exact) mass is 467 g/mol. The summed E-state index contributed by atoms with van der Waals surface area (Å²) in [6.45, 7) is -0.0151. The maximum Gasteiger partial charge on any atom is 0.451 e. The standard InChI is InChI=1S/C18H15F6N3O3S/c19-17(20,21)11-2-1-3-12(8-11)31(29,30)13-6-10(7-13)9-26-15(28)14-4-5-25-16(27-14)18(22,23)24/h1-5,8,10,13H,6-7,9H2,(H,26,28)/t10-,13-. The number of carbonyl (C=O) groups excluding carboxylic acids is 1. The summed E-state index contributed by atoms with van der Waals surface area (Å²) >= 11 is 0. The van der Waals surface area contributed by atoms with E-state index in [1.807, 2.05) is 0 Å². The molecular formula is C18H15F6N3O3S. The lowest BCUT2D eigenvalue weighted by molar-refractivity contribution is -0.145. The van der Waals surface area contributed by atoms with Crippen molar-refractivity contribution in [2.24, 2.45) is 5.92 Å². The molecule has 1 aromatic carbocycles. The third-order valence-corrected chi connectivity index (χ3v) is 6.99. The number of rotatable bonds is 5. The summed E-state index contributed by atoms with van der Waals surface area (Å²) in [5, 5.41) is 1.47. The minimum Gasteiger partial charge on any atom is -0.350 e. The molecule has 1 amide bonds. The lowest BCUT2D eigenvalue weighted by Gasteiger charge is -2.35. The molecule has 0 radical (unpaired) electrons. The van der Waals surface area contributed by atoms with E-state index in [9.17, 15) is 39.6 Å². The van der Waals surface area contributed by atoms with Crippen LogP contribution in [0.3, 0.4) is 0 Å². The molecule has 1 aliphatic carbocycles. The summed E-state index contributed by atoms with van der Waals surface area (Å²) in [4.78, 5) is 17.8. The van der Waals surface area contributed by atoms with Gasteiger partial charge in [-0.3, -0.25) is 4.79 Å². The summed E-state index contributed by atoms with van der Waals surface area (Å²) in [5.41, 5.74) is -1.56. The second kappa shape index (κ2) is 8.09. The van der Waals surface area contributed by atoms with Crippen LogP contribution in [0.1, 0.15) is 34.7 Å². The van der Waals surface area contributed by atoms with Crippen LogP contribution in [0.2, 0.25) is 0 Å². The molecule has 3 rings (SSSR count). The summed E-state index contributed by atoms with van der Waals surface area (Å²) in [5.74, 6) is -2.63. The molecule has 0 aliphatic heterocycles. The first-order valence-corrected chi connectivity index (χ1v) is 10.4. The van der Waals surface area contributed by atoms with Gasteiger partial charge in [-0.15, -0.1) is 0 Å². The number of nitrogens with zero attached hydrogens (tertiary/aromatic N) is 2. The predicted octanol–water partition coefficient (Wildman–Crippen LogP) is 3.50. The number of halogens is 6. The van der Waals surface area contributed by atoms with Crippen LogP contribution in [0.5, 0.6) is 0 Å². The van der Waals surface area contributed by atoms with Crippen molar-refractivity contribution in [1.29, 1.82) is 0 Å². The maximum atomic E-state index is 12.8. The number of alkyl halides is 6. The molecule has 31 heavy (non-hydrogen) atoms. The molecule has 1 N–H and O–H groups in total. The molecule has 2 aromatic rings. The van der Waals surface area contributed by atoms with Crippen LogP contribution >= 0.6 is 0 Å². The predicted molar refractivity (Wildman–Crippen MR) is 94.5 cm³/mol. The molecule has 1 heterocycles. The van der Waals surface area contributed by atoms with Gasteiger partial charge in [0.05, 0.1) is 15.7 Å². The first kappa shape index (κ1) is 23.0. The Morgan fingerprint density at radius 2 is 1.74 bits per heavy atom. The van der Waals surface area contributed by atoms with Crippen molar-refractivity contribution in [3.8, 4) is 0 Å². The minimum atomic E-state index is -4.81. The Hall–Kier alpha value is -2.70. The molecule has 0 unspecified atom stereocenters. The zero-order valence-electron chi connectivity index (χ0n) is 15.5. The van der Waals surface area contributed by atoms with Gasteiger partial charge in [0.25, 0.3) is 5.91 Å². The van der Waals surface area contributed by atoms with Crippen molar-refractivity contribution in [2.75, 3.05) is 6.54 Å². The van der Waals surface area contributed by atoms with E-state index in [1.54, 1.807) is 0 Å². The number of sulfone groups is 1. The summed E-state index contributed by atoms with van der Waals surface area (Å²) in [6.07, 6.45) is -8.50. The quantitative estimate of drug-likeness (QED) is 0.680. The lowest BCUT2D eigenvalue weighted by Crippen LogP contribution is -2.42. The molecule has 1 aliphatic rings. The number of hydrogen-bond donors (Lipinski definition) is 1. The van der Waals surface area contributed by atoms with Crippen molar-refractivity contribution in [3.63, 3.8) is 0 Å². The van der Waals surface area contributed by atoms with Gasteiger partial charge in [-0.2, -0.15) is 26.3 Å². The van der Waals surface area contributed by atoms with Gasteiger partial charge in [0.2, 0.25) is 5.82 Å². The van der Waals surface area contributed by atoms with Gasteiger partial charge in [-0.1, -0.05) is 6.07 Å². The SMILES string of the molecule is O=C(NC[C@H]1C[C@H](S(=O)(=O)c2cccc(C(F)(F)F)c2)C1)c1ccnc(C(F)(F)F)n1. The third kappa shape index (κ3) is 5.14. The Morgan fingerprint density at radius 1 is 1.06 bits per heavy atom. The summed E-state index contributed by atoms with van der Waals surface area (Å²) in [7, 11) is -3.99. The van der Waals surface area contributed by atoms with E-state index in [0.717, 1.165) is 30.5 Å². The van der Waals surface area contributed by atoms with E-state index in [-0.39, 0.29) is 25.3 Å². The first-order valence-electron chi connectivity index (χ1n) is 8.88. The zero-order valence-corrected chi connectivity index (χ0v) is 16.4. The Balaban J connectivity index is 1.58. The molecule has 1 fully saturated rings. The van der Waals surface area contributed by atoms with Crippen molar-refractivity contribution < 1.29 is 39.6 Å². The molecule has 168 valence electrons. The van der Waals surface area contributed by atoms with Crippen molar-refractivity contribution >= 4 is 15.7 Å². The number of nitrogens with one attached hydrogen (secondary N) is 1. The van der Waals surface area contributed by atoms with Gasteiger partial charge in [-0.05, 0) is 43.0 Å². The first-order chi connectivity index (χ1) is 14.3. The largest absolute Gasteiger partial charge is 0.451 e. The Morgan fingerprint density at radius 3 is 2.35 bits per heavy atom. The zero-order chi connectivity index (χ0) is 23.0. The van der Waals surface area contributed by atoms with Gasteiger partial charge in [0.1, 0.15) is 5.69 Å². The maximum absolute atomic E-state index is 12.8. The third-order valence-electron chi connectivity index (χ3n) is 4.81. The van der Waals surface area contributed by atoms with E-state index in [0.29, 0.717) is 6.07 Å². The van der Waals surface area contributed by atoms with Crippen LogP contribution in [0.15, 0.2) is 41.4 Å². The van der Waals surface area contributed by atoms with Crippen molar-refractivity contribution in [3.05, 3.63) is 53.6 Å². The van der Waals surface area contributed by atoms with Crippen LogP contribution in [0, 0.1) is 5.92 Å². The number of benzene rings is 1. The van der Waals surface area contributed by atoms with E-state index in [2.05, 4.69) is 15.3 Å².